The second-order valence-electron chi connectivity index (χ2n) is 0.814. The summed E-state index contributed by atoms with van der Waals surface area (Å²) in [5.41, 5.74) is 0. The van der Waals surface area contributed by atoms with Gasteiger partial charge in [-0.1, -0.05) is 0 Å². The van der Waals surface area contributed by atoms with E-state index in [4.69, 9.17) is 0 Å². The Hall–Kier alpha value is 2.02. The molecule has 0 radical (unpaired) electrons. The van der Waals surface area contributed by atoms with Crippen molar-refractivity contribution in [3.63, 3.8) is 0 Å². The van der Waals surface area contributed by atoms with Gasteiger partial charge in [0, 0.05) is 0 Å². The summed E-state index contributed by atoms with van der Waals surface area (Å²) in [6.45, 7) is 2.25. The average molecular weight is 385 g/mol. The van der Waals surface area contributed by atoms with Crippen LogP contribution in [0.25, 0.3) is 5.32 Å². The molecule has 48 valence electrons. The molecule has 0 aromatic carbocycles. The van der Waals surface area contributed by atoms with Crippen LogP contribution in [0.1, 0.15) is 0 Å². The van der Waals surface area contributed by atoms with Gasteiger partial charge in [0.1, 0.15) is 0 Å². The molecule has 0 atom stereocenters. The van der Waals surface area contributed by atoms with Gasteiger partial charge in [0.25, 0.3) is 0 Å². The van der Waals surface area contributed by atoms with Crippen molar-refractivity contribution in [3.05, 3.63) is 5.32 Å². The molecule has 5 heteroatoms. The van der Waals surface area contributed by atoms with Crippen LogP contribution in [0.15, 0.2) is 0 Å². The van der Waals surface area contributed by atoms with E-state index in [9.17, 15) is 0 Å². The van der Waals surface area contributed by atoms with Gasteiger partial charge in [-0.15, -0.1) is 0 Å². The summed E-state index contributed by atoms with van der Waals surface area (Å²) in [5, 5.41) is 3.75. The Morgan fingerprint density at radius 3 is 1.29 bits per heavy atom. The maximum atomic E-state index is 3.75. The van der Waals surface area contributed by atoms with Crippen LogP contribution >= 0.6 is 40.9 Å². The molecule has 0 amide bonds. The van der Waals surface area contributed by atoms with Crippen molar-refractivity contribution in [2.75, 3.05) is 13.1 Å². The van der Waals surface area contributed by atoms with Gasteiger partial charge in [0.05, 0.1) is 0 Å². The van der Waals surface area contributed by atoms with Crippen LogP contribution in [-0.4, -0.2) is 13.1 Å². The fraction of sp³-hybridized carbons (Fsp3) is 1.00. The van der Waals surface area contributed by atoms with Gasteiger partial charge in [-0.2, -0.15) is 13.1 Å². The molecule has 1 rings (SSSR count). The molecule has 1 saturated heterocycles. The third-order valence-electron chi connectivity index (χ3n) is 0.224. The van der Waals surface area contributed by atoms with Gasteiger partial charge in [0.15, 0.2) is 0 Å². The van der Waals surface area contributed by atoms with E-state index in [2.05, 4.69) is 46.2 Å². The van der Waals surface area contributed by atoms with Crippen molar-refractivity contribution in [1.82, 2.24) is 0 Å². The Labute approximate surface area is 68.6 Å². The van der Waals surface area contributed by atoms with Crippen LogP contribution in [0.3, 0.4) is 0 Å². The van der Waals surface area contributed by atoms with Gasteiger partial charge in [-0.05, 0) is 0 Å². The van der Waals surface area contributed by atoms with Crippen molar-refractivity contribution in [1.29, 1.82) is 0 Å². The molecule has 1 aliphatic heterocycles. The van der Waals surface area contributed by atoms with Crippen LogP contribution < -0.4 is 0 Å². The van der Waals surface area contributed by atoms with E-state index in [-0.39, 0.29) is 0 Å². The van der Waals surface area contributed by atoms with Crippen molar-refractivity contribution < 1.29 is 10.1 Å². The molecule has 0 aliphatic carbocycles. The first kappa shape index (κ1) is 9.02. The monoisotopic (exact) mass is 382 g/mol. The van der Waals surface area contributed by atoms with Gasteiger partial charge >= 0.3 is 50.9 Å². The van der Waals surface area contributed by atoms with Crippen molar-refractivity contribution in [2.45, 2.75) is 0 Å². The molecule has 0 N–H and O–H groups in total. The topological polar surface area (TPSA) is 14.1 Å². The van der Waals surface area contributed by atoms with E-state index in [0.717, 1.165) is 13.1 Å². The van der Waals surface area contributed by atoms with E-state index in [1.165, 1.54) is 0 Å². The summed E-state index contributed by atoms with van der Waals surface area (Å²) < 4.78 is 0. The molecule has 7 heavy (non-hydrogen) atoms. The van der Waals surface area contributed by atoms with Gasteiger partial charge in [-0.3, -0.25) is 0 Å². The molecule has 0 saturated carbocycles. The first-order valence-electron chi connectivity index (χ1n) is 1.51. The molecule has 0 unspecified atom stereocenters. The first-order valence-corrected chi connectivity index (χ1v) is 12.8. The zero-order valence-corrected chi connectivity index (χ0v) is 9.73. The first-order chi connectivity index (χ1) is 3.23. The fourth-order valence-electron chi connectivity index (χ4n) is 0. The predicted molar refractivity (Wildman–Crippen MR) is 39.9 cm³/mol. The average Bonchev–Trinajstić information content (AvgIpc) is 2.02. The van der Waals surface area contributed by atoms with Crippen LogP contribution in [-0.2, 0) is 10.1 Å². The summed E-state index contributed by atoms with van der Waals surface area (Å²) in [7, 11) is -0.639. The SMILES string of the molecule is C1C[N-]1.[Br][Rh]([Br])[Br]. The quantitative estimate of drug-likeness (QED) is 0.450. The summed E-state index contributed by atoms with van der Waals surface area (Å²) in [6, 6.07) is 0. The molecule has 0 aromatic heterocycles. The Kier molecular flexibility index (Phi) is 7.93. The van der Waals surface area contributed by atoms with E-state index in [1.807, 2.05) is 0 Å². The molecule has 1 fully saturated rings. The third kappa shape index (κ3) is 31.8. The molecule has 1 heterocycles. The summed E-state index contributed by atoms with van der Waals surface area (Å²) >= 11 is 9.70. The van der Waals surface area contributed by atoms with E-state index in [1.54, 1.807) is 0 Å². The molecule has 0 spiro atoms. The Morgan fingerprint density at radius 1 is 1.14 bits per heavy atom. The number of hydrogen-bond acceptors (Lipinski definition) is 0. The zero-order valence-electron chi connectivity index (χ0n) is 3.33. The van der Waals surface area contributed by atoms with Gasteiger partial charge < -0.3 is 5.32 Å². The van der Waals surface area contributed by atoms with E-state index >= 15 is 0 Å². The van der Waals surface area contributed by atoms with E-state index < -0.39 is 10.1 Å². The molecule has 1 nitrogen and oxygen atoms in total. The van der Waals surface area contributed by atoms with Crippen LogP contribution in [0, 0.1) is 0 Å². The Bertz CT molecular complexity index is 34.4. The number of hydrogen-bond donors (Lipinski definition) is 0. The van der Waals surface area contributed by atoms with Crippen LogP contribution in [0.4, 0.5) is 0 Å². The summed E-state index contributed by atoms with van der Waals surface area (Å²) in [6.07, 6.45) is 0. The van der Waals surface area contributed by atoms with Crippen molar-refractivity contribution >= 4 is 40.9 Å². The second-order valence-corrected chi connectivity index (χ2v) is 23.5. The minimum atomic E-state index is -0.639. The number of nitrogens with zero attached hydrogens (tertiary/aromatic N) is 1. The Balaban J connectivity index is 0.000000105. The van der Waals surface area contributed by atoms with E-state index in [0.29, 0.717) is 0 Å². The van der Waals surface area contributed by atoms with Crippen LogP contribution in [0.5, 0.6) is 0 Å². The normalized spacial score (nSPS) is 16.7. The fourth-order valence-corrected chi connectivity index (χ4v) is 0. The van der Waals surface area contributed by atoms with Crippen LogP contribution in [0.2, 0.25) is 0 Å². The molecular formula is C2H4Br3NRh-. The third-order valence-corrected chi connectivity index (χ3v) is 0.224. The molecule has 1 aliphatic rings. The summed E-state index contributed by atoms with van der Waals surface area (Å²) in [4.78, 5) is 0. The predicted octanol–water partition coefficient (Wildman–Crippen LogP) is 2.91. The van der Waals surface area contributed by atoms with Gasteiger partial charge in [0.2, 0.25) is 0 Å². The summed E-state index contributed by atoms with van der Waals surface area (Å²) in [5.74, 6) is 0. The standard InChI is InChI=1S/C2H4N.3BrH.Rh/c1-2-3-1;;;;/h1-2H2;3*1H;/q-1;;;;+3/p-3. The molecule has 0 aromatic rings. The zero-order chi connectivity index (χ0) is 5.70. The molecule has 0 bridgehead atoms. The second kappa shape index (κ2) is 6.15. The Morgan fingerprint density at radius 2 is 1.29 bits per heavy atom. The maximum absolute atomic E-state index is 3.75. The molecular weight excluding hydrogens is 381 g/mol. The van der Waals surface area contributed by atoms with Gasteiger partial charge in [-0.25, -0.2) is 0 Å². The number of halogens is 3. The minimum absolute atomic E-state index is 0.639. The van der Waals surface area contributed by atoms with Crippen molar-refractivity contribution in [2.24, 2.45) is 0 Å². The number of rotatable bonds is 0. The van der Waals surface area contributed by atoms with Crippen molar-refractivity contribution in [3.8, 4) is 0 Å².